The molecule has 108 valence electrons. The summed E-state index contributed by atoms with van der Waals surface area (Å²) in [5.74, 6) is -0.514. The van der Waals surface area contributed by atoms with E-state index < -0.39 is 0 Å². The van der Waals surface area contributed by atoms with E-state index in [1.54, 1.807) is 18.5 Å². The molecule has 4 heteroatoms. The molecule has 0 saturated heterocycles. The fraction of sp³-hybridized carbons (Fsp3) is 0.176. The number of aromatic nitrogens is 1. The highest BCUT2D eigenvalue weighted by atomic mass is 16.1. The monoisotopic (exact) mass is 281 g/mol. The lowest BCUT2D eigenvalue weighted by molar-refractivity contribution is -0.118. The van der Waals surface area contributed by atoms with Crippen molar-refractivity contribution in [1.29, 1.82) is 0 Å². The van der Waals surface area contributed by atoms with Gasteiger partial charge in [0.15, 0.2) is 0 Å². The van der Waals surface area contributed by atoms with Crippen molar-refractivity contribution in [2.75, 3.05) is 11.9 Å². The molecule has 0 bridgehead atoms. The average molecular weight is 281 g/mol. The summed E-state index contributed by atoms with van der Waals surface area (Å²) < 4.78 is 0. The van der Waals surface area contributed by atoms with Gasteiger partial charge in [-0.05, 0) is 36.1 Å². The Hall–Kier alpha value is -2.46. The molecular weight excluding hydrogens is 262 g/mol. The lowest BCUT2D eigenvalue weighted by Gasteiger charge is -2.16. The smallest absolute Gasteiger partial charge is 0.233 e. The van der Waals surface area contributed by atoms with E-state index in [1.165, 1.54) is 0 Å². The Labute approximate surface area is 124 Å². The Morgan fingerprint density at radius 3 is 2.90 bits per heavy atom. The fourth-order valence-electron chi connectivity index (χ4n) is 2.25. The van der Waals surface area contributed by atoms with Crippen LogP contribution in [0.4, 0.5) is 5.69 Å². The number of hydrogen-bond donors (Lipinski definition) is 2. The van der Waals surface area contributed by atoms with Crippen molar-refractivity contribution in [3.8, 4) is 0 Å². The van der Waals surface area contributed by atoms with Crippen LogP contribution in [0.15, 0.2) is 61.0 Å². The molecule has 2 rings (SSSR count). The number of benzene rings is 1. The Morgan fingerprint density at radius 2 is 2.24 bits per heavy atom. The number of nitrogens with two attached hydrogens (primary N) is 1. The van der Waals surface area contributed by atoms with Crippen LogP contribution in [0.5, 0.6) is 0 Å². The van der Waals surface area contributed by atoms with E-state index >= 15 is 0 Å². The van der Waals surface area contributed by atoms with Gasteiger partial charge < -0.3 is 11.1 Å². The second-order valence-corrected chi connectivity index (χ2v) is 4.71. The van der Waals surface area contributed by atoms with Crippen LogP contribution in [0.3, 0.4) is 0 Å². The molecule has 1 unspecified atom stereocenters. The van der Waals surface area contributed by atoms with Crippen molar-refractivity contribution in [3.63, 3.8) is 0 Å². The van der Waals surface area contributed by atoms with Gasteiger partial charge in [-0.3, -0.25) is 9.78 Å². The summed E-state index contributed by atoms with van der Waals surface area (Å²) >= 11 is 0. The first-order valence-corrected chi connectivity index (χ1v) is 6.83. The standard InChI is InChI=1S/C17H19N3O/c1-3-12(4-2)16(10-18)17(21)20-15-6-5-14-11-19-8-7-13(14)9-15/h3-9,11,16H,1,10,18H2,2H3,(H,20,21)/b12-4+. The molecular formula is C17H19N3O. The van der Waals surface area contributed by atoms with E-state index in [9.17, 15) is 4.79 Å². The summed E-state index contributed by atoms with van der Waals surface area (Å²) in [5, 5.41) is 4.97. The molecule has 0 aliphatic heterocycles. The third-order valence-electron chi connectivity index (χ3n) is 3.43. The topological polar surface area (TPSA) is 68.0 Å². The summed E-state index contributed by atoms with van der Waals surface area (Å²) in [4.78, 5) is 16.4. The van der Waals surface area contributed by atoms with E-state index in [4.69, 9.17) is 5.73 Å². The Balaban J connectivity index is 2.22. The SMILES string of the molecule is C=C/C(=C\C)C(CN)C(=O)Nc1ccc2cnccc2c1. The quantitative estimate of drug-likeness (QED) is 0.828. The number of rotatable bonds is 5. The number of amides is 1. The highest BCUT2D eigenvalue weighted by Gasteiger charge is 2.19. The second-order valence-electron chi connectivity index (χ2n) is 4.71. The number of carbonyl (C=O) groups is 1. The molecule has 1 aromatic heterocycles. The maximum Gasteiger partial charge on any atom is 0.233 e. The molecule has 21 heavy (non-hydrogen) atoms. The average Bonchev–Trinajstić information content (AvgIpc) is 2.52. The molecule has 1 aromatic carbocycles. The van der Waals surface area contributed by atoms with E-state index in [0.717, 1.165) is 22.0 Å². The van der Waals surface area contributed by atoms with Crippen molar-refractivity contribution in [2.45, 2.75) is 6.92 Å². The molecule has 2 aromatic rings. The first kappa shape index (κ1) is 14.9. The van der Waals surface area contributed by atoms with Crippen LogP contribution >= 0.6 is 0 Å². The van der Waals surface area contributed by atoms with E-state index in [2.05, 4.69) is 16.9 Å². The third kappa shape index (κ3) is 3.35. The zero-order valence-corrected chi connectivity index (χ0v) is 12.0. The third-order valence-corrected chi connectivity index (χ3v) is 3.43. The maximum atomic E-state index is 12.3. The minimum absolute atomic E-state index is 0.126. The molecule has 1 heterocycles. The molecule has 0 spiro atoms. The van der Waals surface area contributed by atoms with Crippen LogP contribution in [-0.2, 0) is 4.79 Å². The molecule has 0 fully saturated rings. The number of allylic oxidation sites excluding steroid dienone is 2. The molecule has 0 saturated carbocycles. The highest BCUT2D eigenvalue weighted by Crippen LogP contribution is 2.20. The zero-order chi connectivity index (χ0) is 15.2. The van der Waals surface area contributed by atoms with E-state index in [0.29, 0.717) is 0 Å². The van der Waals surface area contributed by atoms with Crippen LogP contribution in [0.1, 0.15) is 6.92 Å². The van der Waals surface area contributed by atoms with Gasteiger partial charge in [0.2, 0.25) is 5.91 Å². The largest absolute Gasteiger partial charge is 0.329 e. The number of hydrogen-bond acceptors (Lipinski definition) is 3. The van der Waals surface area contributed by atoms with Gasteiger partial charge in [0, 0.05) is 30.0 Å². The van der Waals surface area contributed by atoms with Crippen molar-refractivity contribution in [3.05, 3.63) is 61.0 Å². The summed E-state index contributed by atoms with van der Waals surface area (Å²) in [6.07, 6.45) is 7.05. The number of pyridine rings is 1. The molecule has 1 amide bonds. The molecule has 0 aliphatic carbocycles. The predicted molar refractivity (Wildman–Crippen MR) is 86.9 cm³/mol. The summed E-state index contributed by atoms with van der Waals surface area (Å²) in [6, 6.07) is 7.62. The zero-order valence-electron chi connectivity index (χ0n) is 12.0. The van der Waals surface area contributed by atoms with Gasteiger partial charge in [0.05, 0.1) is 5.92 Å². The van der Waals surface area contributed by atoms with Gasteiger partial charge in [0.1, 0.15) is 0 Å². The van der Waals surface area contributed by atoms with Gasteiger partial charge in [-0.15, -0.1) is 0 Å². The van der Waals surface area contributed by atoms with Gasteiger partial charge in [-0.1, -0.05) is 24.8 Å². The minimum atomic E-state index is -0.388. The maximum absolute atomic E-state index is 12.3. The van der Waals surface area contributed by atoms with Crippen molar-refractivity contribution < 1.29 is 4.79 Å². The Bertz CT molecular complexity index is 691. The predicted octanol–water partition coefficient (Wildman–Crippen LogP) is 2.88. The molecule has 3 N–H and O–H groups in total. The van der Waals surface area contributed by atoms with Crippen LogP contribution in [0.25, 0.3) is 10.8 Å². The lowest BCUT2D eigenvalue weighted by atomic mass is 9.97. The van der Waals surface area contributed by atoms with Gasteiger partial charge in [-0.25, -0.2) is 0 Å². The number of fused-ring (bicyclic) bond motifs is 1. The highest BCUT2D eigenvalue weighted by molar-refractivity contribution is 5.97. The van der Waals surface area contributed by atoms with Crippen molar-refractivity contribution >= 4 is 22.4 Å². The summed E-state index contributed by atoms with van der Waals surface area (Å²) in [6.45, 7) is 5.84. The molecule has 0 radical (unpaired) electrons. The Kier molecular flexibility index (Phi) is 4.85. The van der Waals surface area contributed by atoms with Gasteiger partial charge in [0.25, 0.3) is 0 Å². The first-order valence-electron chi connectivity index (χ1n) is 6.83. The normalized spacial score (nSPS) is 13.0. The van der Waals surface area contributed by atoms with Crippen molar-refractivity contribution in [1.82, 2.24) is 4.98 Å². The second kappa shape index (κ2) is 6.81. The Morgan fingerprint density at radius 1 is 1.43 bits per heavy atom. The summed E-state index contributed by atoms with van der Waals surface area (Å²) in [7, 11) is 0. The van der Waals surface area contributed by atoms with Crippen LogP contribution in [-0.4, -0.2) is 17.4 Å². The van der Waals surface area contributed by atoms with Crippen LogP contribution < -0.4 is 11.1 Å². The number of anilines is 1. The molecule has 4 nitrogen and oxygen atoms in total. The van der Waals surface area contributed by atoms with E-state index in [1.807, 2.05) is 37.3 Å². The number of nitrogens with one attached hydrogen (secondary N) is 1. The van der Waals surface area contributed by atoms with Crippen molar-refractivity contribution in [2.24, 2.45) is 11.7 Å². The first-order chi connectivity index (χ1) is 10.2. The van der Waals surface area contributed by atoms with Gasteiger partial charge in [-0.2, -0.15) is 0 Å². The minimum Gasteiger partial charge on any atom is -0.329 e. The number of nitrogens with zero attached hydrogens (tertiary/aromatic N) is 1. The van der Waals surface area contributed by atoms with Crippen LogP contribution in [0.2, 0.25) is 0 Å². The lowest BCUT2D eigenvalue weighted by Crippen LogP contribution is -2.30. The van der Waals surface area contributed by atoms with E-state index in [-0.39, 0.29) is 18.4 Å². The van der Waals surface area contributed by atoms with Gasteiger partial charge >= 0.3 is 0 Å². The number of carbonyl (C=O) groups excluding carboxylic acids is 1. The molecule has 0 aliphatic rings. The van der Waals surface area contributed by atoms with Crippen LogP contribution in [0, 0.1) is 5.92 Å². The molecule has 1 atom stereocenters. The summed E-state index contributed by atoms with van der Waals surface area (Å²) in [5.41, 5.74) is 7.29. The fourth-order valence-corrected chi connectivity index (χ4v) is 2.25.